The number of piperazine rings is 1. The monoisotopic (exact) mass is 490 g/mol. The average molecular weight is 491 g/mol. The lowest BCUT2D eigenvalue weighted by Gasteiger charge is -2.32. The largest absolute Gasteiger partial charge is 0.489 e. The molecule has 9 heteroatoms. The van der Waals surface area contributed by atoms with Gasteiger partial charge in [0.15, 0.2) is 0 Å². The van der Waals surface area contributed by atoms with E-state index in [0.717, 1.165) is 50.1 Å². The number of nitrogen functional groups attached to an aromatic ring is 1. The highest BCUT2D eigenvalue weighted by molar-refractivity contribution is 5.78. The molecule has 36 heavy (non-hydrogen) atoms. The van der Waals surface area contributed by atoms with Crippen LogP contribution >= 0.6 is 0 Å². The predicted molar refractivity (Wildman–Crippen MR) is 138 cm³/mol. The van der Waals surface area contributed by atoms with E-state index in [9.17, 15) is 4.79 Å². The summed E-state index contributed by atoms with van der Waals surface area (Å²) in [6.07, 6.45) is 1.86. The zero-order chi connectivity index (χ0) is 25.2. The molecule has 1 fully saturated rings. The highest BCUT2D eigenvalue weighted by Gasteiger charge is 2.28. The van der Waals surface area contributed by atoms with Crippen molar-refractivity contribution in [3.8, 4) is 28.6 Å². The Morgan fingerprint density at radius 1 is 1.22 bits per heavy atom. The zero-order valence-electron chi connectivity index (χ0n) is 21.2. The van der Waals surface area contributed by atoms with Crippen molar-refractivity contribution < 1.29 is 14.1 Å². The Balaban J connectivity index is 1.29. The van der Waals surface area contributed by atoms with Crippen LogP contribution in [0.4, 0.5) is 5.69 Å². The van der Waals surface area contributed by atoms with Crippen molar-refractivity contribution in [1.29, 1.82) is 0 Å². The van der Waals surface area contributed by atoms with E-state index < -0.39 is 0 Å². The number of carbonyl (C=O) groups excluding carboxylic acids is 1. The first-order chi connectivity index (χ1) is 17.4. The maximum atomic E-state index is 12.7. The number of rotatable bonds is 7. The van der Waals surface area contributed by atoms with Crippen LogP contribution in [0.5, 0.6) is 5.75 Å². The van der Waals surface area contributed by atoms with Gasteiger partial charge in [-0.05, 0) is 63.1 Å². The number of hydrogen-bond donors (Lipinski definition) is 2. The summed E-state index contributed by atoms with van der Waals surface area (Å²) in [6, 6.07) is 11.8. The smallest absolute Gasteiger partial charge is 0.258 e. The van der Waals surface area contributed by atoms with Gasteiger partial charge in [0.25, 0.3) is 5.89 Å². The molecule has 0 spiro atoms. The summed E-state index contributed by atoms with van der Waals surface area (Å²) in [7, 11) is 2.09. The van der Waals surface area contributed by atoms with E-state index >= 15 is 0 Å². The SMILES string of the molecule is CC(C)Oc1ccc(-c2nc(-c3cccc4c3CC[C@@H]4NCC(=O)N3CCN(C)CC3)no2)cc1N. The van der Waals surface area contributed by atoms with Crippen molar-refractivity contribution in [2.45, 2.75) is 38.8 Å². The van der Waals surface area contributed by atoms with Crippen LogP contribution in [0.25, 0.3) is 22.8 Å². The second-order valence-electron chi connectivity index (χ2n) is 9.87. The van der Waals surface area contributed by atoms with Crippen molar-refractivity contribution >= 4 is 11.6 Å². The quantitative estimate of drug-likeness (QED) is 0.486. The number of ether oxygens (including phenoxy) is 1. The van der Waals surface area contributed by atoms with Crippen LogP contribution in [0.1, 0.15) is 37.4 Å². The van der Waals surface area contributed by atoms with Crippen molar-refractivity contribution in [2.75, 3.05) is 45.5 Å². The fourth-order valence-electron chi connectivity index (χ4n) is 4.95. The molecule has 2 aliphatic rings. The minimum absolute atomic E-state index is 0.0385. The van der Waals surface area contributed by atoms with Gasteiger partial charge >= 0.3 is 0 Å². The second kappa shape index (κ2) is 10.3. The van der Waals surface area contributed by atoms with Crippen LogP contribution in [0, 0.1) is 0 Å². The molecule has 0 radical (unpaired) electrons. The van der Waals surface area contributed by atoms with E-state index in [1.165, 1.54) is 11.1 Å². The Hall–Kier alpha value is -3.43. The topological polar surface area (TPSA) is 110 Å². The van der Waals surface area contributed by atoms with Crippen molar-refractivity contribution in [1.82, 2.24) is 25.3 Å². The Kier molecular flexibility index (Phi) is 6.93. The molecule has 190 valence electrons. The molecular formula is C27H34N6O3. The Bertz CT molecular complexity index is 1230. The van der Waals surface area contributed by atoms with Crippen LogP contribution in [0.15, 0.2) is 40.9 Å². The fourth-order valence-corrected chi connectivity index (χ4v) is 4.95. The Morgan fingerprint density at radius 2 is 2.03 bits per heavy atom. The number of fused-ring (bicyclic) bond motifs is 1. The Labute approximate surface area is 211 Å². The minimum atomic E-state index is 0.0385. The van der Waals surface area contributed by atoms with Gasteiger partial charge in [-0.3, -0.25) is 4.79 Å². The van der Waals surface area contributed by atoms with Crippen LogP contribution in [-0.4, -0.2) is 71.7 Å². The van der Waals surface area contributed by atoms with E-state index in [1.54, 1.807) is 6.07 Å². The van der Waals surface area contributed by atoms with Gasteiger partial charge in [-0.15, -0.1) is 0 Å². The second-order valence-corrected chi connectivity index (χ2v) is 9.87. The van der Waals surface area contributed by atoms with Crippen molar-refractivity contribution in [2.24, 2.45) is 0 Å². The average Bonchev–Trinajstić information content (AvgIpc) is 3.51. The molecule has 0 saturated carbocycles. The molecule has 3 N–H and O–H groups in total. The van der Waals surface area contributed by atoms with E-state index in [1.807, 2.05) is 43.0 Å². The van der Waals surface area contributed by atoms with E-state index in [4.69, 9.17) is 15.0 Å². The molecule has 5 rings (SSSR count). The third-order valence-electron chi connectivity index (χ3n) is 6.91. The zero-order valence-corrected chi connectivity index (χ0v) is 21.2. The molecule has 0 bridgehead atoms. The molecule has 1 aliphatic heterocycles. The molecule has 2 heterocycles. The summed E-state index contributed by atoms with van der Waals surface area (Å²) in [4.78, 5) is 21.6. The van der Waals surface area contributed by atoms with Gasteiger partial charge in [0.2, 0.25) is 11.7 Å². The fraction of sp³-hybridized carbons (Fsp3) is 0.444. The molecule has 1 aromatic heterocycles. The standard InChI is InChI=1S/C27H34N6O3/c1-17(2)35-24-10-7-18(15-22(24)28)27-30-26(31-36-27)21-6-4-5-20-19(21)8-9-23(20)29-16-25(34)33-13-11-32(3)12-14-33/h4-7,10,15,17,23,29H,8-9,11-14,16,28H2,1-3H3/t23-/m0/s1. The van der Waals surface area contributed by atoms with Gasteiger partial charge in [-0.1, -0.05) is 23.4 Å². The number of likely N-dealkylation sites (N-methyl/N-ethyl adjacent to an activating group) is 1. The maximum absolute atomic E-state index is 12.7. The van der Waals surface area contributed by atoms with Gasteiger partial charge in [-0.25, -0.2) is 0 Å². The number of aromatic nitrogens is 2. The van der Waals surface area contributed by atoms with Crippen LogP contribution in [0.3, 0.4) is 0 Å². The van der Waals surface area contributed by atoms with E-state index in [0.29, 0.717) is 29.7 Å². The first-order valence-corrected chi connectivity index (χ1v) is 12.6. The van der Waals surface area contributed by atoms with Gasteiger partial charge in [-0.2, -0.15) is 4.98 Å². The van der Waals surface area contributed by atoms with E-state index in [2.05, 4.69) is 33.5 Å². The van der Waals surface area contributed by atoms with Gasteiger partial charge in [0, 0.05) is 43.3 Å². The summed E-state index contributed by atoms with van der Waals surface area (Å²) in [5.74, 6) is 1.77. The number of benzene rings is 2. The predicted octanol–water partition coefficient (Wildman–Crippen LogP) is 3.12. The lowest BCUT2D eigenvalue weighted by molar-refractivity contribution is -0.131. The summed E-state index contributed by atoms with van der Waals surface area (Å²) < 4.78 is 11.3. The number of nitrogens with zero attached hydrogens (tertiary/aromatic N) is 4. The van der Waals surface area contributed by atoms with Gasteiger partial charge in [0.05, 0.1) is 18.3 Å². The number of amides is 1. The highest BCUT2D eigenvalue weighted by atomic mass is 16.5. The third-order valence-corrected chi connectivity index (χ3v) is 6.91. The third kappa shape index (κ3) is 5.08. The summed E-state index contributed by atoms with van der Waals surface area (Å²) in [6.45, 7) is 7.71. The number of anilines is 1. The first kappa shape index (κ1) is 24.3. The van der Waals surface area contributed by atoms with Crippen LogP contribution in [-0.2, 0) is 11.2 Å². The highest BCUT2D eigenvalue weighted by Crippen LogP contribution is 2.37. The first-order valence-electron chi connectivity index (χ1n) is 12.6. The molecule has 3 aromatic rings. The molecule has 1 atom stereocenters. The number of nitrogens with two attached hydrogens (primary N) is 1. The number of hydrogen-bond acceptors (Lipinski definition) is 8. The summed E-state index contributed by atoms with van der Waals surface area (Å²) in [5, 5.41) is 7.75. The van der Waals surface area contributed by atoms with Gasteiger partial charge < -0.3 is 30.1 Å². The summed E-state index contributed by atoms with van der Waals surface area (Å²) in [5.41, 5.74) is 10.8. The minimum Gasteiger partial charge on any atom is -0.489 e. The Morgan fingerprint density at radius 3 is 2.78 bits per heavy atom. The van der Waals surface area contributed by atoms with Gasteiger partial charge in [0.1, 0.15) is 5.75 Å². The molecular weight excluding hydrogens is 456 g/mol. The molecule has 0 unspecified atom stereocenters. The molecule has 9 nitrogen and oxygen atoms in total. The van der Waals surface area contributed by atoms with Crippen molar-refractivity contribution in [3.63, 3.8) is 0 Å². The lowest BCUT2D eigenvalue weighted by atomic mass is 10.0. The summed E-state index contributed by atoms with van der Waals surface area (Å²) >= 11 is 0. The van der Waals surface area contributed by atoms with Crippen LogP contribution < -0.4 is 15.8 Å². The molecule has 1 saturated heterocycles. The number of carbonyl (C=O) groups is 1. The molecule has 1 amide bonds. The van der Waals surface area contributed by atoms with Crippen LogP contribution in [0.2, 0.25) is 0 Å². The van der Waals surface area contributed by atoms with Crippen molar-refractivity contribution in [3.05, 3.63) is 47.5 Å². The van der Waals surface area contributed by atoms with E-state index in [-0.39, 0.29) is 18.1 Å². The lowest BCUT2D eigenvalue weighted by Crippen LogP contribution is -2.49. The molecule has 1 aliphatic carbocycles. The molecule has 2 aromatic carbocycles. The number of nitrogens with one attached hydrogen (secondary N) is 1. The normalized spacial score (nSPS) is 18.0. The maximum Gasteiger partial charge on any atom is 0.258 e.